The van der Waals surface area contributed by atoms with Gasteiger partial charge in [0.05, 0.1) is 18.4 Å². The molecule has 2 heterocycles. The summed E-state index contributed by atoms with van der Waals surface area (Å²) in [6, 6.07) is 3.93. The minimum Gasteiger partial charge on any atom is -0.363 e. The molecule has 2 rings (SSSR count). The van der Waals surface area contributed by atoms with Crippen molar-refractivity contribution in [3.63, 3.8) is 0 Å². The second kappa shape index (κ2) is 4.08. The van der Waals surface area contributed by atoms with E-state index in [-0.39, 0.29) is 0 Å². The molecule has 1 N–H and O–H groups in total. The van der Waals surface area contributed by atoms with Gasteiger partial charge in [-0.25, -0.2) is 0 Å². The SMILES string of the molecule is Cc1cnnc(NCc2ccnn2C)c1. The predicted molar refractivity (Wildman–Crippen MR) is 57.3 cm³/mol. The Morgan fingerprint density at radius 1 is 1.47 bits per heavy atom. The van der Waals surface area contributed by atoms with E-state index in [1.165, 1.54) is 0 Å². The highest BCUT2D eigenvalue weighted by atomic mass is 15.3. The molecule has 0 bridgehead atoms. The molecule has 2 aromatic rings. The van der Waals surface area contributed by atoms with Crippen LogP contribution in [0.3, 0.4) is 0 Å². The number of aromatic nitrogens is 4. The zero-order chi connectivity index (χ0) is 10.7. The first-order valence-corrected chi connectivity index (χ1v) is 4.76. The number of hydrogen-bond acceptors (Lipinski definition) is 4. The van der Waals surface area contributed by atoms with Gasteiger partial charge < -0.3 is 5.32 Å². The molecule has 0 spiro atoms. The molecule has 0 atom stereocenters. The maximum absolute atomic E-state index is 4.09. The van der Waals surface area contributed by atoms with Crippen LogP contribution in [0.5, 0.6) is 0 Å². The smallest absolute Gasteiger partial charge is 0.149 e. The molecule has 0 unspecified atom stereocenters. The van der Waals surface area contributed by atoms with Gasteiger partial charge in [-0.05, 0) is 24.6 Å². The van der Waals surface area contributed by atoms with Gasteiger partial charge in [-0.1, -0.05) is 0 Å². The Bertz CT molecular complexity index is 449. The molecule has 0 aliphatic heterocycles. The van der Waals surface area contributed by atoms with Crippen molar-refractivity contribution >= 4 is 5.82 Å². The Hall–Kier alpha value is -1.91. The molecule has 15 heavy (non-hydrogen) atoms. The van der Waals surface area contributed by atoms with E-state index in [0.717, 1.165) is 17.1 Å². The van der Waals surface area contributed by atoms with E-state index in [1.807, 2.05) is 30.8 Å². The van der Waals surface area contributed by atoms with E-state index in [2.05, 4.69) is 20.6 Å². The Labute approximate surface area is 88.1 Å². The molecule has 0 radical (unpaired) electrons. The monoisotopic (exact) mass is 203 g/mol. The summed E-state index contributed by atoms with van der Waals surface area (Å²) in [7, 11) is 1.92. The second-order valence-electron chi connectivity index (χ2n) is 3.42. The minimum atomic E-state index is 0.703. The summed E-state index contributed by atoms with van der Waals surface area (Å²) in [5, 5.41) is 15.1. The first-order valence-electron chi connectivity index (χ1n) is 4.76. The zero-order valence-electron chi connectivity index (χ0n) is 8.81. The maximum atomic E-state index is 4.09. The first-order chi connectivity index (χ1) is 7.25. The maximum Gasteiger partial charge on any atom is 0.149 e. The zero-order valence-corrected chi connectivity index (χ0v) is 8.81. The molecule has 78 valence electrons. The molecule has 5 nitrogen and oxygen atoms in total. The van der Waals surface area contributed by atoms with Crippen LogP contribution in [0, 0.1) is 6.92 Å². The Morgan fingerprint density at radius 3 is 3.00 bits per heavy atom. The van der Waals surface area contributed by atoms with E-state index >= 15 is 0 Å². The summed E-state index contributed by atoms with van der Waals surface area (Å²) >= 11 is 0. The van der Waals surface area contributed by atoms with E-state index < -0.39 is 0 Å². The number of nitrogens with one attached hydrogen (secondary N) is 1. The van der Waals surface area contributed by atoms with Crippen LogP contribution in [-0.4, -0.2) is 20.0 Å². The Balaban J connectivity index is 2.02. The largest absolute Gasteiger partial charge is 0.363 e. The summed E-state index contributed by atoms with van der Waals surface area (Å²) < 4.78 is 1.83. The molecule has 0 amide bonds. The van der Waals surface area contributed by atoms with E-state index in [4.69, 9.17) is 0 Å². The van der Waals surface area contributed by atoms with E-state index in [1.54, 1.807) is 12.4 Å². The van der Waals surface area contributed by atoms with Crippen LogP contribution >= 0.6 is 0 Å². The Kier molecular flexibility index (Phi) is 2.62. The van der Waals surface area contributed by atoms with Gasteiger partial charge in [0.2, 0.25) is 0 Å². The lowest BCUT2D eigenvalue weighted by molar-refractivity contribution is 0.719. The molecule has 2 aromatic heterocycles. The lowest BCUT2D eigenvalue weighted by Crippen LogP contribution is -2.06. The van der Waals surface area contributed by atoms with E-state index in [9.17, 15) is 0 Å². The summed E-state index contributed by atoms with van der Waals surface area (Å²) in [5.74, 6) is 0.788. The molecule has 0 fully saturated rings. The molecule has 0 saturated heterocycles. The summed E-state index contributed by atoms with van der Waals surface area (Å²) in [6.45, 7) is 2.69. The number of anilines is 1. The van der Waals surface area contributed by atoms with Crippen molar-refractivity contribution in [2.45, 2.75) is 13.5 Å². The quantitative estimate of drug-likeness (QED) is 0.812. The van der Waals surface area contributed by atoms with Gasteiger partial charge in [-0.3, -0.25) is 4.68 Å². The number of hydrogen-bond donors (Lipinski definition) is 1. The van der Waals surface area contributed by atoms with Crippen LogP contribution in [-0.2, 0) is 13.6 Å². The number of aryl methyl sites for hydroxylation is 2. The van der Waals surface area contributed by atoms with Crippen LogP contribution in [0.4, 0.5) is 5.82 Å². The highest BCUT2D eigenvalue weighted by molar-refractivity contribution is 5.35. The molecule has 0 aromatic carbocycles. The fourth-order valence-corrected chi connectivity index (χ4v) is 1.31. The van der Waals surface area contributed by atoms with Crippen molar-refractivity contribution in [1.29, 1.82) is 0 Å². The second-order valence-corrected chi connectivity index (χ2v) is 3.42. The summed E-state index contributed by atoms with van der Waals surface area (Å²) in [6.07, 6.45) is 3.51. The third-order valence-electron chi connectivity index (χ3n) is 2.16. The molecule has 0 aliphatic rings. The van der Waals surface area contributed by atoms with Crippen LogP contribution in [0.1, 0.15) is 11.3 Å². The highest BCUT2D eigenvalue weighted by Crippen LogP contribution is 2.05. The van der Waals surface area contributed by atoms with Crippen LogP contribution in [0.25, 0.3) is 0 Å². The molecular weight excluding hydrogens is 190 g/mol. The Morgan fingerprint density at radius 2 is 2.33 bits per heavy atom. The number of nitrogens with zero attached hydrogens (tertiary/aromatic N) is 4. The normalized spacial score (nSPS) is 10.3. The lowest BCUT2D eigenvalue weighted by atomic mass is 10.3. The van der Waals surface area contributed by atoms with Gasteiger partial charge in [-0.2, -0.15) is 10.2 Å². The van der Waals surface area contributed by atoms with Crippen molar-refractivity contribution in [1.82, 2.24) is 20.0 Å². The molecule has 5 heteroatoms. The van der Waals surface area contributed by atoms with Crippen LogP contribution in [0.15, 0.2) is 24.5 Å². The molecular formula is C10H13N5. The third-order valence-corrected chi connectivity index (χ3v) is 2.16. The van der Waals surface area contributed by atoms with Gasteiger partial charge in [0.1, 0.15) is 5.82 Å². The molecule has 0 saturated carbocycles. The van der Waals surface area contributed by atoms with Crippen molar-refractivity contribution in [2.24, 2.45) is 7.05 Å². The lowest BCUT2D eigenvalue weighted by Gasteiger charge is -2.05. The summed E-state index contributed by atoms with van der Waals surface area (Å²) in [4.78, 5) is 0. The molecule has 0 aliphatic carbocycles. The van der Waals surface area contributed by atoms with Gasteiger partial charge in [0.25, 0.3) is 0 Å². The third kappa shape index (κ3) is 2.31. The van der Waals surface area contributed by atoms with Gasteiger partial charge >= 0.3 is 0 Å². The predicted octanol–water partition coefficient (Wildman–Crippen LogP) is 1.13. The average Bonchev–Trinajstić information content (AvgIpc) is 2.61. The fraction of sp³-hybridized carbons (Fsp3) is 0.300. The van der Waals surface area contributed by atoms with Gasteiger partial charge in [0.15, 0.2) is 0 Å². The van der Waals surface area contributed by atoms with Gasteiger partial charge in [-0.15, -0.1) is 5.10 Å². The van der Waals surface area contributed by atoms with Crippen LogP contribution < -0.4 is 5.32 Å². The van der Waals surface area contributed by atoms with Crippen molar-refractivity contribution in [2.75, 3.05) is 5.32 Å². The standard InChI is InChI=1S/C10H13N5/c1-8-5-10(14-12-6-8)11-7-9-3-4-13-15(9)2/h3-6H,7H2,1-2H3,(H,11,14). The van der Waals surface area contributed by atoms with Crippen LogP contribution in [0.2, 0.25) is 0 Å². The van der Waals surface area contributed by atoms with Gasteiger partial charge in [0, 0.05) is 13.2 Å². The first kappa shape index (κ1) is 9.64. The van der Waals surface area contributed by atoms with Crippen molar-refractivity contribution in [3.8, 4) is 0 Å². The average molecular weight is 203 g/mol. The highest BCUT2D eigenvalue weighted by Gasteiger charge is 1.99. The summed E-state index contributed by atoms with van der Waals surface area (Å²) in [5.41, 5.74) is 2.20. The van der Waals surface area contributed by atoms with Crippen molar-refractivity contribution in [3.05, 3.63) is 35.8 Å². The van der Waals surface area contributed by atoms with Crippen molar-refractivity contribution < 1.29 is 0 Å². The van der Waals surface area contributed by atoms with E-state index in [0.29, 0.717) is 6.54 Å². The minimum absolute atomic E-state index is 0.703. The topological polar surface area (TPSA) is 55.6 Å². The fourth-order valence-electron chi connectivity index (χ4n) is 1.31. The number of rotatable bonds is 3.